The molecule has 2 N–H and O–H groups in total. The van der Waals surface area contributed by atoms with E-state index in [1.807, 2.05) is 42.5 Å². The van der Waals surface area contributed by atoms with Gasteiger partial charge in [-0.2, -0.15) is 0 Å². The Kier molecular flexibility index (Phi) is 4.46. The number of carbonyl (C=O) groups excluding carboxylic acids is 1. The fourth-order valence-electron chi connectivity index (χ4n) is 3.08. The summed E-state index contributed by atoms with van der Waals surface area (Å²) in [5.74, 6) is -2.28. The first-order valence-corrected chi connectivity index (χ1v) is 7.76. The van der Waals surface area contributed by atoms with Crippen LogP contribution in [0.25, 0.3) is 10.8 Å². The summed E-state index contributed by atoms with van der Waals surface area (Å²) in [6.45, 7) is 0. The van der Waals surface area contributed by atoms with Crippen LogP contribution in [-0.4, -0.2) is 29.5 Å². The Hall–Kier alpha value is -2.50. The van der Waals surface area contributed by atoms with Crippen LogP contribution in [0.4, 0.5) is 8.78 Å². The lowest BCUT2D eigenvalue weighted by atomic mass is 10.00. The van der Waals surface area contributed by atoms with Crippen LogP contribution in [-0.2, 0) is 9.59 Å². The molecular formula is C18H17F2NO3. The highest BCUT2D eigenvalue weighted by Crippen LogP contribution is 2.49. The van der Waals surface area contributed by atoms with Crippen LogP contribution in [0.3, 0.4) is 0 Å². The molecule has 126 valence electrons. The average Bonchev–Trinajstić information content (AvgIpc) is 3.33. The molecule has 0 radical (unpaired) electrons. The number of fused-ring (bicyclic) bond motifs is 1. The lowest BCUT2D eigenvalue weighted by molar-refractivity contribution is -0.143. The summed E-state index contributed by atoms with van der Waals surface area (Å²) in [4.78, 5) is 23.2. The normalized spacial score (nSPS) is 20.8. The van der Waals surface area contributed by atoms with Crippen LogP contribution >= 0.6 is 0 Å². The third-order valence-electron chi connectivity index (χ3n) is 4.38. The zero-order valence-corrected chi connectivity index (χ0v) is 12.8. The van der Waals surface area contributed by atoms with Crippen LogP contribution in [0, 0.1) is 5.92 Å². The van der Waals surface area contributed by atoms with Crippen molar-refractivity contribution in [1.29, 1.82) is 0 Å². The first-order chi connectivity index (χ1) is 11.5. The lowest BCUT2D eigenvalue weighted by Crippen LogP contribution is -2.42. The number of carbonyl (C=O) groups is 2. The standard InChI is InChI=1S/C18H17F2NO3/c19-16(20)9-15(18(23)24)21-17(22)14-8-13(14)12-7-3-5-10-4-1-2-6-11(10)12/h1-7,13-16H,8-9H2,(H,21,22)(H,23,24). The van der Waals surface area contributed by atoms with E-state index >= 15 is 0 Å². The Bertz CT molecular complexity index is 772. The Morgan fingerprint density at radius 2 is 1.88 bits per heavy atom. The van der Waals surface area contributed by atoms with Crippen molar-refractivity contribution in [1.82, 2.24) is 5.32 Å². The Labute approximate surface area is 137 Å². The number of benzene rings is 2. The van der Waals surface area contributed by atoms with E-state index in [0.29, 0.717) is 6.42 Å². The van der Waals surface area contributed by atoms with Gasteiger partial charge in [-0.05, 0) is 28.7 Å². The molecule has 1 saturated carbocycles. The second-order valence-electron chi connectivity index (χ2n) is 6.04. The molecule has 1 fully saturated rings. The highest BCUT2D eigenvalue weighted by Gasteiger charge is 2.45. The number of amides is 1. The lowest BCUT2D eigenvalue weighted by Gasteiger charge is -2.14. The minimum Gasteiger partial charge on any atom is -0.480 e. The molecule has 2 aromatic carbocycles. The summed E-state index contributed by atoms with van der Waals surface area (Å²) < 4.78 is 24.8. The van der Waals surface area contributed by atoms with Crippen LogP contribution in [0.5, 0.6) is 0 Å². The maximum absolute atomic E-state index is 12.4. The summed E-state index contributed by atoms with van der Waals surface area (Å²) in [5, 5.41) is 13.3. The van der Waals surface area contributed by atoms with Crippen molar-refractivity contribution in [2.24, 2.45) is 5.92 Å². The summed E-state index contributed by atoms with van der Waals surface area (Å²) in [6.07, 6.45) is -3.06. The first-order valence-electron chi connectivity index (χ1n) is 7.76. The Morgan fingerprint density at radius 1 is 1.17 bits per heavy atom. The summed E-state index contributed by atoms with van der Waals surface area (Å²) >= 11 is 0. The van der Waals surface area contributed by atoms with Crippen LogP contribution < -0.4 is 5.32 Å². The van der Waals surface area contributed by atoms with Gasteiger partial charge in [-0.3, -0.25) is 4.79 Å². The van der Waals surface area contributed by atoms with Crippen molar-refractivity contribution >= 4 is 22.6 Å². The van der Waals surface area contributed by atoms with Gasteiger partial charge in [0.2, 0.25) is 12.3 Å². The number of halogens is 2. The highest BCUT2D eigenvalue weighted by molar-refractivity contribution is 5.91. The third-order valence-corrected chi connectivity index (χ3v) is 4.38. The fourth-order valence-corrected chi connectivity index (χ4v) is 3.08. The molecule has 1 aliphatic rings. The van der Waals surface area contributed by atoms with E-state index < -0.39 is 30.8 Å². The van der Waals surface area contributed by atoms with Crippen LogP contribution in [0.1, 0.15) is 24.3 Å². The van der Waals surface area contributed by atoms with Crippen molar-refractivity contribution in [2.75, 3.05) is 0 Å². The molecule has 0 aromatic heterocycles. The zero-order valence-electron chi connectivity index (χ0n) is 12.8. The molecule has 24 heavy (non-hydrogen) atoms. The van der Waals surface area contributed by atoms with Gasteiger partial charge < -0.3 is 10.4 Å². The Balaban J connectivity index is 1.72. The number of hydrogen-bond donors (Lipinski definition) is 2. The molecular weight excluding hydrogens is 316 g/mol. The second kappa shape index (κ2) is 6.55. The minimum atomic E-state index is -2.78. The fraction of sp³-hybridized carbons (Fsp3) is 0.333. The van der Waals surface area contributed by atoms with Gasteiger partial charge >= 0.3 is 5.97 Å². The third kappa shape index (κ3) is 3.37. The van der Waals surface area contributed by atoms with Gasteiger partial charge in [0.05, 0.1) is 0 Å². The quantitative estimate of drug-likeness (QED) is 0.853. The van der Waals surface area contributed by atoms with E-state index in [9.17, 15) is 18.4 Å². The molecule has 1 aliphatic carbocycles. The number of rotatable bonds is 6. The van der Waals surface area contributed by atoms with Crippen molar-refractivity contribution < 1.29 is 23.5 Å². The SMILES string of the molecule is O=C(O)C(CC(F)F)NC(=O)C1CC1c1cccc2ccccc12. The second-order valence-corrected chi connectivity index (χ2v) is 6.04. The topological polar surface area (TPSA) is 66.4 Å². The van der Waals surface area contributed by atoms with E-state index in [4.69, 9.17) is 5.11 Å². The van der Waals surface area contributed by atoms with Crippen LogP contribution in [0.2, 0.25) is 0 Å². The Morgan fingerprint density at radius 3 is 2.58 bits per heavy atom. The molecule has 0 bridgehead atoms. The van der Waals surface area contributed by atoms with Crippen LogP contribution in [0.15, 0.2) is 42.5 Å². The molecule has 0 saturated heterocycles. The predicted octanol–water partition coefficient (Wildman–Crippen LogP) is 3.17. The van der Waals surface area contributed by atoms with Crippen molar-refractivity contribution in [2.45, 2.75) is 31.2 Å². The number of hydrogen-bond acceptors (Lipinski definition) is 2. The molecule has 0 spiro atoms. The van der Waals surface area contributed by atoms with Gasteiger partial charge in [-0.15, -0.1) is 0 Å². The number of nitrogens with one attached hydrogen (secondary N) is 1. The average molecular weight is 333 g/mol. The van der Waals surface area contributed by atoms with Crippen molar-refractivity contribution in [3.05, 3.63) is 48.0 Å². The smallest absolute Gasteiger partial charge is 0.326 e. The van der Waals surface area contributed by atoms with E-state index in [0.717, 1.165) is 16.3 Å². The molecule has 3 unspecified atom stereocenters. The van der Waals surface area contributed by atoms with Gasteiger partial charge in [0, 0.05) is 12.3 Å². The molecule has 2 aromatic rings. The monoisotopic (exact) mass is 333 g/mol. The number of aliphatic carboxylic acids is 1. The number of carboxylic acid groups (broad SMARTS) is 1. The molecule has 6 heteroatoms. The summed E-state index contributed by atoms with van der Waals surface area (Å²) in [5.41, 5.74) is 1.04. The number of alkyl halides is 2. The molecule has 4 nitrogen and oxygen atoms in total. The largest absolute Gasteiger partial charge is 0.480 e. The maximum Gasteiger partial charge on any atom is 0.326 e. The van der Waals surface area contributed by atoms with Gasteiger partial charge in [0.25, 0.3) is 0 Å². The molecule has 3 rings (SSSR count). The van der Waals surface area contributed by atoms with Gasteiger partial charge in [-0.25, -0.2) is 13.6 Å². The summed E-state index contributed by atoms with van der Waals surface area (Å²) in [6, 6.07) is 12.1. The van der Waals surface area contributed by atoms with E-state index in [-0.39, 0.29) is 11.8 Å². The van der Waals surface area contributed by atoms with Gasteiger partial charge in [0.1, 0.15) is 6.04 Å². The maximum atomic E-state index is 12.4. The molecule has 0 aliphatic heterocycles. The van der Waals surface area contributed by atoms with Crippen molar-refractivity contribution in [3.63, 3.8) is 0 Å². The van der Waals surface area contributed by atoms with E-state index in [1.165, 1.54) is 0 Å². The predicted molar refractivity (Wildman–Crippen MR) is 85.0 cm³/mol. The summed E-state index contributed by atoms with van der Waals surface area (Å²) in [7, 11) is 0. The number of carboxylic acids is 1. The highest BCUT2D eigenvalue weighted by atomic mass is 19.3. The minimum absolute atomic E-state index is 0.00269. The zero-order chi connectivity index (χ0) is 17.3. The van der Waals surface area contributed by atoms with Gasteiger partial charge in [-0.1, -0.05) is 42.5 Å². The van der Waals surface area contributed by atoms with E-state index in [2.05, 4.69) is 5.32 Å². The van der Waals surface area contributed by atoms with Gasteiger partial charge in [0.15, 0.2) is 0 Å². The van der Waals surface area contributed by atoms with Crippen molar-refractivity contribution in [3.8, 4) is 0 Å². The van der Waals surface area contributed by atoms with E-state index in [1.54, 1.807) is 0 Å². The molecule has 1 amide bonds. The molecule has 3 atom stereocenters. The first kappa shape index (κ1) is 16.4. The molecule has 0 heterocycles.